The number of hydrogen-bond donors (Lipinski definition) is 2. The number of para-hydroxylation sites is 1. The molecule has 2 aromatic rings. The molecule has 2 N–H and O–H groups in total. The lowest BCUT2D eigenvalue weighted by Crippen LogP contribution is -2.13. The number of aryl methyl sites for hydroxylation is 2. The Labute approximate surface area is 110 Å². The minimum atomic E-state index is -0.463. The lowest BCUT2D eigenvalue weighted by Gasteiger charge is -2.10. The van der Waals surface area contributed by atoms with E-state index in [0.717, 1.165) is 5.56 Å². The van der Waals surface area contributed by atoms with Gasteiger partial charge in [-0.1, -0.05) is 18.2 Å². The summed E-state index contributed by atoms with van der Waals surface area (Å²) in [7, 11) is 0. The van der Waals surface area contributed by atoms with Crippen molar-refractivity contribution in [3.63, 3.8) is 0 Å². The predicted molar refractivity (Wildman–Crippen MR) is 71.9 cm³/mol. The van der Waals surface area contributed by atoms with E-state index < -0.39 is 11.7 Å². The largest absolute Gasteiger partial charge is 0.507 e. The monoisotopic (exact) mass is 259 g/mol. The quantitative estimate of drug-likeness (QED) is 0.868. The molecule has 0 aromatic heterocycles. The number of anilines is 1. The molecule has 0 saturated carbocycles. The summed E-state index contributed by atoms with van der Waals surface area (Å²) in [5.74, 6) is -0.946. The lowest BCUT2D eigenvalue weighted by molar-refractivity contribution is 0.102. The van der Waals surface area contributed by atoms with E-state index in [0.29, 0.717) is 11.3 Å². The van der Waals surface area contributed by atoms with Crippen LogP contribution < -0.4 is 5.32 Å². The minimum Gasteiger partial charge on any atom is -0.507 e. The van der Waals surface area contributed by atoms with Crippen LogP contribution in [-0.4, -0.2) is 11.0 Å². The maximum Gasteiger partial charge on any atom is 0.259 e. The summed E-state index contributed by atoms with van der Waals surface area (Å²) in [6.45, 7) is 3.48. The van der Waals surface area contributed by atoms with Gasteiger partial charge in [0, 0.05) is 5.69 Å². The van der Waals surface area contributed by atoms with Crippen LogP contribution in [0, 0.1) is 19.7 Å². The molecular weight excluding hydrogens is 245 g/mol. The number of phenolic OH excluding ortho intramolecular Hbond substituents is 1. The fourth-order valence-electron chi connectivity index (χ4n) is 1.76. The van der Waals surface area contributed by atoms with Crippen molar-refractivity contribution in [2.24, 2.45) is 0 Å². The SMILES string of the molecule is Cc1ccc(F)cc1NC(=O)c1cccc(C)c1O. The first-order valence-corrected chi connectivity index (χ1v) is 5.85. The highest BCUT2D eigenvalue weighted by Gasteiger charge is 2.13. The molecule has 2 rings (SSSR count). The van der Waals surface area contributed by atoms with Crippen molar-refractivity contribution in [1.82, 2.24) is 0 Å². The predicted octanol–water partition coefficient (Wildman–Crippen LogP) is 3.40. The van der Waals surface area contributed by atoms with E-state index in [1.54, 1.807) is 32.0 Å². The molecule has 0 aliphatic carbocycles. The molecule has 4 heteroatoms. The molecule has 0 unspecified atom stereocenters. The molecule has 0 heterocycles. The Morgan fingerprint density at radius 3 is 2.63 bits per heavy atom. The van der Waals surface area contributed by atoms with Gasteiger partial charge in [-0.3, -0.25) is 4.79 Å². The summed E-state index contributed by atoms with van der Waals surface area (Å²) in [5, 5.41) is 12.4. The molecule has 0 radical (unpaired) electrons. The Kier molecular flexibility index (Phi) is 3.51. The molecule has 0 fully saturated rings. The van der Waals surface area contributed by atoms with Crippen LogP contribution in [0.5, 0.6) is 5.75 Å². The zero-order valence-electron chi connectivity index (χ0n) is 10.7. The number of halogens is 1. The zero-order valence-corrected chi connectivity index (χ0v) is 10.7. The molecule has 2 aromatic carbocycles. The van der Waals surface area contributed by atoms with Gasteiger partial charge in [-0.25, -0.2) is 4.39 Å². The van der Waals surface area contributed by atoms with Crippen molar-refractivity contribution in [3.8, 4) is 5.75 Å². The molecule has 0 atom stereocenters. The third-order valence-electron chi connectivity index (χ3n) is 2.93. The Morgan fingerprint density at radius 2 is 1.89 bits per heavy atom. The van der Waals surface area contributed by atoms with Gasteiger partial charge in [-0.05, 0) is 43.2 Å². The summed E-state index contributed by atoms with van der Waals surface area (Å²) >= 11 is 0. The van der Waals surface area contributed by atoms with Crippen molar-refractivity contribution >= 4 is 11.6 Å². The molecule has 19 heavy (non-hydrogen) atoms. The van der Waals surface area contributed by atoms with Crippen LogP contribution in [0.1, 0.15) is 21.5 Å². The van der Waals surface area contributed by atoms with E-state index in [-0.39, 0.29) is 11.3 Å². The van der Waals surface area contributed by atoms with Crippen LogP contribution in [0.3, 0.4) is 0 Å². The van der Waals surface area contributed by atoms with Crippen molar-refractivity contribution < 1.29 is 14.3 Å². The highest BCUT2D eigenvalue weighted by Crippen LogP contribution is 2.23. The van der Waals surface area contributed by atoms with Gasteiger partial charge in [0.05, 0.1) is 5.56 Å². The summed E-state index contributed by atoms with van der Waals surface area (Å²) in [4.78, 5) is 12.1. The maximum atomic E-state index is 13.1. The molecular formula is C15H14FNO2. The van der Waals surface area contributed by atoms with Crippen LogP contribution in [-0.2, 0) is 0 Å². The second kappa shape index (κ2) is 5.10. The van der Waals surface area contributed by atoms with Gasteiger partial charge in [0.2, 0.25) is 0 Å². The highest BCUT2D eigenvalue weighted by molar-refractivity contribution is 6.06. The summed E-state index contributed by atoms with van der Waals surface area (Å²) in [6, 6.07) is 9.07. The Hall–Kier alpha value is -2.36. The average molecular weight is 259 g/mol. The van der Waals surface area contributed by atoms with Crippen molar-refractivity contribution in [2.75, 3.05) is 5.32 Å². The number of carbonyl (C=O) groups excluding carboxylic acids is 1. The number of nitrogens with one attached hydrogen (secondary N) is 1. The van der Waals surface area contributed by atoms with E-state index in [9.17, 15) is 14.3 Å². The number of amides is 1. The normalized spacial score (nSPS) is 10.3. The third-order valence-corrected chi connectivity index (χ3v) is 2.93. The second-order valence-electron chi connectivity index (χ2n) is 4.38. The van der Waals surface area contributed by atoms with E-state index in [1.165, 1.54) is 18.2 Å². The van der Waals surface area contributed by atoms with Crippen LogP contribution in [0.2, 0.25) is 0 Å². The number of hydrogen-bond acceptors (Lipinski definition) is 2. The number of rotatable bonds is 2. The number of carbonyl (C=O) groups is 1. The zero-order chi connectivity index (χ0) is 14.0. The van der Waals surface area contributed by atoms with E-state index >= 15 is 0 Å². The van der Waals surface area contributed by atoms with Gasteiger partial charge in [0.1, 0.15) is 11.6 Å². The van der Waals surface area contributed by atoms with Crippen molar-refractivity contribution in [1.29, 1.82) is 0 Å². The Balaban J connectivity index is 2.31. The van der Waals surface area contributed by atoms with E-state index in [1.807, 2.05) is 0 Å². The summed E-state index contributed by atoms with van der Waals surface area (Å²) < 4.78 is 13.1. The Morgan fingerprint density at radius 1 is 1.16 bits per heavy atom. The van der Waals surface area contributed by atoms with Crippen LogP contribution >= 0.6 is 0 Å². The fraction of sp³-hybridized carbons (Fsp3) is 0.133. The first kappa shape index (κ1) is 13.1. The number of phenols is 1. The lowest BCUT2D eigenvalue weighted by atomic mass is 10.1. The van der Waals surface area contributed by atoms with Gasteiger partial charge in [0.25, 0.3) is 5.91 Å². The highest BCUT2D eigenvalue weighted by atomic mass is 19.1. The third kappa shape index (κ3) is 2.73. The molecule has 0 saturated heterocycles. The Bertz CT molecular complexity index is 638. The molecule has 0 bridgehead atoms. The van der Waals surface area contributed by atoms with Gasteiger partial charge in [-0.15, -0.1) is 0 Å². The number of aromatic hydroxyl groups is 1. The molecule has 0 aliphatic heterocycles. The molecule has 0 spiro atoms. The fourth-order valence-corrected chi connectivity index (χ4v) is 1.76. The van der Waals surface area contributed by atoms with Gasteiger partial charge in [0.15, 0.2) is 0 Å². The maximum absolute atomic E-state index is 13.1. The van der Waals surface area contributed by atoms with Crippen LogP contribution in [0.25, 0.3) is 0 Å². The first-order valence-electron chi connectivity index (χ1n) is 5.85. The van der Waals surface area contributed by atoms with Crippen LogP contribution in [0.15, 0.2) is 36.4 Å². The van der Waals surface area contributed by atoms with E-state index in [4.69, 9.17) is 0 Å². The van der Waals surface area contributed by atoms with Crippen molar-refractivity contribution in [3.05, 3.63) is 58.9 Å². The first-order chi connectivity index (χ1) is 8.99. The van der Waals surface area contributed by atoms with Gasteiger partial charge < -0.3 is 10.4 Å². The topological polar surface area (TPSA) is 49.3 Å². The average Bonchev–Trinajstić information content (AvgIpc) is 2.37. The van der Waals surface area contributed by atoms with Crippen molar-refractivity contribution in [2.45, 2.75) is 13.8 Å². The molecule has 1 amide bonds. The smallest absolute Gasteiger partial charge is 0.259 e. The standard InChI is InChI=1S/C15H14FNO2/c1-9-6-7-11(16)8-13(9)17-15(19)12-5-3-4-10(2)14(12)18/h3-8,18H,1-2H3,(H,17,19). The number of benzene rings is 2. The molecule has 3 nitrogen and oxygen atoms in total. The molecule has 0 aliphatic rings. The van der Waals surface area contributed by atoms with Gasteiger partial charge in [-0.2, -0.15) is 0 Å². The van der Waals surface area contributed by atoms with Gasteiger partial charge >= 0.3 is 0 Å². The summed E-state index contributed by atoms with van der Waals surface area (Å²) in [6.07, 6.45) is 0. The summed E-state index contributed by atoms with van der Waals surface area (Å²) in [5.41, 5.74) is 1.93. The molecule has 98 valence electrons. The van der Waals surface area contributed by atoms with E-state index in [2.05, 4.69) is 5.32 Å². The van der Waals surface area contributed by atoms with Crippen LogP contribution in [0.4, 0.5) is 10.1 Å². The minimum absolute atomic E-state index is 0.0611. The second-order valence-corrected chi connectivity index (χ2v) is 4.38.